The van der Waals surface area contributed by atoms with Crippen LogP contribution in [0.3, 0.4) is 0 Å². The van der Waals surface area contributed by atoms with E-state index in [0.717, 1.165) is 62.6 Å². The number of urea groups is 1. The first-order chi connectivity index (χ1) is 17.2. The smallest absolute Gasteiger partial charge is 0.325 e. The maximum atomic E-state index is 14.0. The second kappa shape index (κ2) is 10.9. The Kier molecular flexibility index (Phi) is 8.08. The molecule has 0 unspecified atom stereocenters. The number of imide groups is 1. The van der Waals surface area contributed by atoms with Crippen LogP contribution in [0.25, 0.3) is 0 Å². The molecule has 7 heteroatoms. The molecular formula is C29H44N4O3. The van der Waals surface area contributed by atoms with E-state index in [4.69, 9.17) is 0 Å². The van der Waals surface area contributed by atoms with Gasteiger partial charge in [0.15, 0.2) is 0 Å². The summed E-state index contributed by atoms with van der Waals surface area (Å²) in [7, 11) is 3.99. The lowest BCUT2D eigenvalue weighted by Gasteiger charge is -2.44. The van der Waals surface area contributed by atoms with E-state index in [1.165, 1.54) is 11.3 Å². The Bertz CT molecular complexity index is 963. The van der Waals surface area contributed by atoms with E-state index in [2.05, 4.69) is 36.2 Å². The minimum Gasteiger partial charge on any atom is -0.342 e. The first-order valence-electron chi connectivity index (χ1n) is 13.8. The van der Waals surface area contributed by atoms with Crippen molar-refractivity contribution in [2.24, 2.45) is 11.3 Å². The molecule has 1 saturated carbocycles. The number of carbonyl (C=O) groups excluding carboxylic acids is 3. The van der Waals surface area contributed by atoms with E-state index in [9.17, 15) is 14.4 Å². The third-order valence-electron chi connectivity index (χ3n) is 8.87. The minimum absolute atomic E-state index is 0.00406. The Morgan fingerprint density at radius 3 is 2.39 bits per heavy atom. The number of nitrogens with one attached hydrogen (secondary N) is 1. The molecule has 0 radical (unpaired) electrons. The van der Waals surface area contributed by atoms with E-state index in [1.807, 2.05) is 31.1 Å². The fourth-order valence-corrected chi connectivity index (χ4v) is 6.55. The summed E-state index contributed by atoms with van der Waals surface area (Å²) in [5, 5.41) is 3.19. The highest BCUT2D eigenvalue weighted by atomic mass is 16.2. The lowest BCUT2D eigenvalue weighted by molar-refractivity contribution is -0.145. The Balaban J connectivity index is 1.53. The van der Waals surface area contributed by atoms with Gasteiger partial charge < -0.3 is 15.1 Å². The van der Waals surface area contributed by atoms with Crippen molar-refractivity contribution in [2.75, 3.05) is 40.3 Å². The van der Waals surface area contributed by atoms with Crippen molar-refractivity contribution in [3.8, 4) is 0 Å². The van der Waals surface area contributed by atoms with Crippen molar-refractivity contribution in [1.82, 2.24) is 20.0 Å². The Labute approximate surface area is 216 Å². The second-order valence-electron chi connectivity index (χ2n) is 11.8. The van der Waals surface area contributed by atoms with Crippen molar-refractivity contribution in [3.05, 3.63) is 35.4 Å². The molecule has 198 valence electrons. The van der Waals surface area contributed by atoms with Crippen LogP contribution in [0.5, 0.6) is 0 Å². The molecule has 3 fully saturated rings. The number of amides is 4. The monoisotopic (exact) mass is 496 g/mol. The van der Waals surface area contributed by atoms with E-state index < -0.39 is 5.54 Å². The third kappa shape index (κ3) is 5.31. The highest BCUT2D eigenvalue weighted by Crippen LogP contribution is 2.41. The molecule has 1 aromatic carbocycles. The number of piperidine rings is 1. The third-order valence-corrected chi connectivity index (χ3v) is 8.87. The maximum Gasteiger partial charge on any atom is 0.325 e. The van der Waals surface area contributed by atoms with Crippen LogP contribution in [-0.2, 0) is 16.0 Å². The molecule has 1 atom stereocenters. The van der Waals surface area contributed by atoms with Gasteiger partial charge in [0.05, 0.1) is 0 Å². The fourth-order valence-electron chi connectivity index (χ4n) is 6.55. The van der Waals surface area contributed by atoms with Gasteiger partial charge in [-0.1, -0.05) is 50.5 Å². The molecule has 36 heavy (non-hydrogen) atoms. The first-order valence-corrected chi connectivity index (χ1v) is 13.8. The summed E-state index contributed by atoms with van der Waals surface area (Å²) in [5.74, 6) is 0.176. The largest absolute Gasteiger partial charge is 0.342 e. The van der Waals surface area contributed by atoms with Crippen molar-refractivity contribution < 1.29 is 14.4 Å². The molecule has 1 aliphatic carbocycles. The predicted molar refractivity (Wildman–Crippen MR) is 142 cm³/mol. The van der Waals surface area contributed by atoms with Crippen molar-refractivity contribution >= 4 is 17.8 Å². The molecule has 7 nitrogen and oxygen atoms in total. The number of hydrogen-bond donors (Lipinski definition) is 1. The topological polar surface area (TPSA) is 73.0 Å². The number of carbonyl (C=O) groups is 3. The highest BCUT2D eigenvalue weighted by molar-refractivity contribution is 6.07. The van der Waals surface area contributed by atoms with Crippen LogP contribution in [0.15, 0.2) is 24.3 Å². The van der Waals surface area contributed by atoms with Gasteiger partial charge in [-0.3, -0.25) is 14.5 Å². The molecule has 2 aliphatic heterocycles. The van der Waals surface area contributed by atoms with Crippen molar-refractivity contribution in [1.29, 1.82) is 0 Å². The molecule has 0 bridgehead atoms. The molecule has 1 aromatic rings. The fraction of sp³-hybridized carbons (Fsp3) is 0.690. The second-order valence-corrected chi connectivity index (χ2v) is 11.8. The van der Waals surface area contributed by atoms with Crippen LogP contribution in [0.4, 0.5) is 4.79 Å². The number of nitrogens with zero attached hydrogens (tertiary/aromatic N) is 3. The van der Waals surface area contributed by atoms with Crippen molar-refractivity contribution in [3.63, 3.8) is 0 Å². The highest BCUT2D eigenvalue weighted by Gasteiger charge is 2.56. The zero-order valence-electron chi connectivity index (χ0n) is 22.6. The van der Waals surface area contributed by atoms with Gasteiger partial charge in [0.2, 0.25) is 5.91 Å². The summed E-state index contributed by atoms with van der Waals surface area (Å²) in [6.45, 7) is 6.74. The quantitative estimate of drug-likeness (QED) is 0.553. The zero-order valence-corrected chi connectivity index (χ0v) is 22.6. The van der Waals surface area contributed by atoms with Gasteiger partial charge in [0, 0.05) is 31.5 Å². The number of benzene rings is 1. The average Bonchev–Trinajstić information content (AvgIpc) is 3.10. The molecule has 3 aliphatic rings. The number of aryl methyl sites for hydroxylation is 1. The molecule has 4 amide bonds. The van der Waals surface area contributed by atoms with Crippen LogP contribution >= 0.6 is 0 Å². The summed E-state index contributed by atoms with van der Waals surface area (Å²) in [4.78, 5) is 46.1. The summed E-state index contributed by atoms with van der Waals surface area (Å²) in [6, 6.07) is 7.85. The van der Waals surface area contributed by atoms with E-state index in [1.54, 1.807) is 0 Å². The molecule has 4 rings (SSSR count). The minimum atomic E-state index is -0.953. The molecule has 0 spiro atoms. The van der Waals surface area contributed by atoms with E-state index >= 15 is 0 Å². The molecule has 1 N–H and O–H groups in total. The van der Waals surface area contributed by atoms with Gasteiger partial charge >= 0.3 is 6.03 Å². The molecule has 2 heterocycles. The Hall–Kier alpha value is -2.41. The Morgan fingerprint density at radius 2 is 1.75 bits per heavy atom. The van der Waals surface area contributed by atoms with Crippen LogP contribution in [0.2, 0.25) is 0 Å². The van der Waals surface area contributed by atoms with Gasteiger partial charge in [-0.05, 0) is 76.7 Å². The number of rotatable bonds is 8. The van der Waals surface area contributed by atoms with Crippen molar-refractivity contribution in [2.45, 2.75) is 77.2 Å². The summed E-state index contributed by atoms with van der Waals surface area (Å²) in [5.41, 5.74) is 1.02. The summed E-state index contributed by atoms with van der Waals surface area (Å²) in [6.07, 6.45) is 8.11. The summed E-state index contributed by atoms with van der Waals surface area (Å²) >= 11 is 0. The van der Waals surface area contributed by atoms with Crippen LogP contribution < -0.4 is 5.32 Å². The number of likely N-dealkylation sites (tertiary alicyclic amines) is 1. The van der Waals surface area contributed by atoms with Crippen LogP contribution in [0.1, 0.15) is 69.4 Å². The standard InChI is InChI=1S/C29H44N4O3/c1-22-11-6-7-12-23(22)21-29(26(35)33(27(36)30-29)18-10-17-31(3)4)24-13-19-32(20-14-24)25(34)28(2)15-8-5-9-16-28/h6-7,11-12,24H,5,8-10,13-21H2,1-4H3,(H,30,36)/t29-/m1/s1. The molecule has 2 saturated heterocycles. The SMILES string of the molecule is Cc1ccccc1C[C@]1(C2CCN(C(=O)C3(C)CCCCC3)CC2)NC(=O)N(CCCN(C)C)C1=O. The number of hydrogen-bond acceptors (Lipinski definition) is 4. The van der Waals surface area contributed by atoms with Crippen LogP contribution in [-0.4, -0.2) is 78.4 Å². The maximum absolute atomic E-state index is 14.0. The Morgan fingerprint density at radius 1 is 1.08 bits per heavy atom. The zero-order chi connectivity index (χ0) is 25.9. The van der Waals surface area contributed by atoms with Gasteiger partial charge in [-0.2, -0.15) is 0 Å². The van der Waals surface area contributed by atoms with E-state index in [-0.39, 0.29) is 29.2 Å². The first kappa shape index (κ1) is 26.6. The van der Waals surface area contributed by atoms with Crippen LogP contribution in [0, 0.1) is 18.3 Å². The van der Waals surface area contributed by atoms with Gasteiger partial charge in [-0.25, -0.2) is 4.79 Å². The lowest BCUT2D eigenvalue weighted by atomic mass is 9.72. The predicted octanol–water partition coefficient (Wildman–Crippen LogP) is 3.99. The summed E-state index contributed by atoms with van der Waals surface area (Å²) < 4.78 is 0. The normalized spacial score (nSPS) is 24.9. The average molecular weight is 497 g/mol. The molecule has 0 aromatic heterocycles. The van der Waals surface area contributed by atoms with Gasteiger partial charge in [0.25, 0.3) is 5.91 Å². The molecular weight excluding hydrogens is 452 g/mol. The lowest BCUT2D eigenvalue weighted by Crippen LogP contribution is -2.58. The van der Waals surface area contributed by atoms with Gasteiger partial charge in [-0.15, -0.1) is 0 Å². The van der Waals surface area contributed by atoms with E-state index in [0.29, 0.717) is 26.1 Å². The van der Waals surface area contributed by atoms with Gasteiger partial charge in [0.1, 0.15) is 5.54 Å².